The van der Waals surface area contributed by atoms with Crippen LogP contribution in [-0.4, -0.2) is 40.8 Å². The second-order valence-corrected chi connectivity index (χ2v) is 6.71. The van der Waals surface area contributed by atoms with Gasteiger partial charge in [0, 0.05) is 13.1 Å². The molecule has 0 saturated carbocycles. The molecule has 3 aromatic rings. The SMILES string of the molecule is N#Cc1ccc(Cn2cnc(=O)c3sc(N4CCOCC4)nc32)cc1. The molecule has 126 valence electrons. The number of ether oxygens (including phenoxy) is 1. The van der Waals surface area contributed by atoms with Gasteiger partial charge in [-0.3, -0.25) is 4.79 Å². The summed E-state index contributed by atoms with van der Waals surface area (Å²) in [5.74, 6) is 0. The Morgan fingerprint density at radius 1 is 1.24 bits per heavy atom. The molecule has 3 heterocycles. The number of benzene rings is 1. The summed E-state index contributed by atoms with van der Waals surface area (Å²) < 4.78 is 7.81. The molecular formula is C17H15N5O2S. The van der Waals surface area contributed by atoms with Crippen LogP contribution in [0.2, 0.25) is 0 Å². The molecule has 0 N–H and O–H groups in total. The first kappa shape index (κ1) is 15.7. The standard InChI is InChI=1S/C17H15N5O2S/c18-9-12-1-3-13(4-2-12)10-22-11-19-16(23)14-15(22)20-17(25-14)21-5-7-24-8-6-21/h1-4,11H,5-8,10H2. The van der Waals surface area contributed by atoms with E-state index in [0.29, 0.717) is 35.7 Å². The van der Waals surface area contributed by atoms with Gasteiger partial charge >= 0.3 is 0 Å². The molecule has 2 aromatic heterocycles. The van der Waals surface area contributed by atoms with Gasteiger partial charge in [0.2, 0.25) is 0 Å². The highest BCUT2D eigenvalue weighted by atomic mass is 32.1. The Labute approximate surface area is 147 Å². The molecule has 7 nitrogen and oxygen atoms in total. The number of fused-ring (bicyclic) bond motifs is 1. The Bertz CT molecular complexity index is 997. The van der Waals surface area contributed by atoms with E-state index in [-0.39, 0.29) is 5.56 Å². The highest BCUT2D eigenvalue weighted by Crippen LogP contribution is 2.27. The van der Waals surface area contributed by atoms with Gasteiger partial charge in [-0.05, 0) is 17.7 Å². The van der Waals surface area contributed by atoms with Gasteiger partial charge in [0.05, 0.1) is 31.4 Å². The molecule has 25 heavy (non-hydrogen) atoms. The zero-order valence-electron chi connectivity index (χ0n) is 13.4. The number of rotatable bonds is 3. The van der Waals surface area contributed by atoms with Crippen LogP contribution < -0.4 is 10.5 Å². The van der Waals surface area contributed by atoms with Crippen LogP contribution in [-0.2, 0) is 11.3 Å². The van der Waals surface area contributed by atoms with Crippen LogP contribution in [0.1, 0.15) is 11.1 Å². The van der Waals surface area contributed by atoms with E-state index in [1.54, 1.807) is 12.1 Å². The maximum Gasteiger partial charge on any atom is 0.292 e. The molecule has 0 atom stereocenters. The van der Waals surface area contributed by atoms with Crippen molar-refractivity contribution in [1.29, 1.82) is 5.26 Å². The molecule has 0 unspecified atom stereocenters. The molecule has 4 rings (SSSR count). The molecule has 8 heteroatoms. The first-order valence-electron chi connectivity index (χ1n) is 7.92. The maximum absolute atomic E-state index is 12.1. The molecule has 0 spiro atoms. The molecule has 0 radical (unpaired) electrons. The predicted molar refractivity (Wildman–Crippen MR) is 95.0 cm³/mol. The topological polar surface area (TPSA) is 84.0 Å². The highest BCUT2D eigenvalue weighted by molar-refractivity contribution is 7.22. The highest BCUT2D eigenvalue weighted by Gasteiger charge is 2.18. The monoisotopic (exact) mass is 353 g/mol. The van der Waals surface area contributed by atoms with Gasteiger partial charge in [0.1, 0.15) is 11.0 Å². The molecular weight excluding hydrogens is 338 g/mol. The van der Waals surface area contributed by atoms with E-state index in [0.717, 1.165) is 23.8 Å². The zero-order chi connectivity index (χ0) is 17.2. The minimum Gasteiger partial charge on any atom is -0.378 e. The number of aromatic nitrogens is 3. The molecule has 1 saturated heterocycles. The van der Waals surface area contributed by atoms with E-state index in [2.05, 4.69) is 20.9 Å². The van der Waals surface area contributed by atoms with Crippen LogP contribution in [0.3, 0.4) is 0 Å². The van der Waals surface area contributed by atoms with Crippen molar-refractivity contribution >= 4 is 26.8 Å². The Morgan fingerprint density at radius 3 is 2.72 bits per heavy atom. The molecule has 0 amide bonds. The van der Waals surface area contributed by atoms with Gasteiger partial charge in [-0.15, -0.1) is 0 Å². The number of anilines is 1. The van der Waals surface area contributed by atoms with Crippen molar-refractivity contribution in [2.24, 2.45) is 0 Å². The zero-order valence-corrected chi connectivity index (χ0v) is 14.2. The quantitative estimate of drug-likeness (QED) is 0.711. The lowest BCUT2D eigenvalue weighted by Crippen LogP contribution is -2.36. The first-order valence-corrected chi connectivity index (χ1v) is 8.74. The second-order valence-electron chi connectivity index (χ2n) is 5.73. The third kappa shape index (κ3) is 3.12. The molecule has 0 bridgehead atoms. The predicted octanol–water partition coefficient (Wildman–Crippen LogP) is 1.61. The fourth-order valence-corrected chi connectivity index (χ4v) is 3.78. The van der Waals surface area contributed by atoms with Crippen molar-refractivity contribution in [1.82, 2.24) is 14.5 Å². The summed E-state index contributed by atoms with van der Waals surface area (Å²) in [6.45, 7) is 3.43. The third-order valence-electron chi connectivity index (χ3n) is 4.10. The fourth-order valence-electron chi connectivity index (χ4n) is 2.76. The third-order valence-corrected chi connectivity index (χ3v) is 5.19. The maximum atomic E-state index is 12.1. The van der Waals surface area contributed by atoms with E-state index < -0.39 is 0 Å². The number of thiazole rings is 1. The van der Waals surface area contributed by atoms with Crippen LogP contribution in [0.25, 0.3) is 10.3 Å². The Hall–Kier alpha value is -2.76. The number of nitriles is 1. The fraction of sp³-hybridized carbons (Fsp3) is 0.294. The van der Waals surface area contributed by atoms with Crippen molar-refractivity contribution in [2.75, 3.05) is 31.2 Å². The van der Waals surface area contributed by atoms with E-state index in [1.807, 2.05) is 16.7 Å². The Morgan fingerprint density at radius 2 is 2.00 bits per heavy atom. The van der Waals surface area contributed by atoms with Gasteiger partial charge < -0.3 is 14.2 Å². The van der Waals surface area contributed by atoms with E-state index >= 15 is 0 Å². The lowest BCUT2D eigenvalue weighted by molar-refractivity contribution is 0.122. The van der Waals surface area contributed by atoms with Crippen molar-refractivity contribution in [3.63, 3.8) is 0 Å². The lowest BCUT2D eigenvalue weighted by atomic mass is 10.1. The smallest absolute Gasteiger partial charge is 0.292 e. The number of nitrogens with zero attached hydrogens (tertiary/aromatic N) is 5. The molecule has 1 fully saturated rings. The first-order chi connectivity index (χ1) is 12.2. The van der Waals surface area contributed by atoms with Crippen LogP contribution in [0.5, 0.6) is 0 Å². The van der Waals surface area contributed by atoms with Crippen LogP contribution >= 0.6 is 11.3 Å². The van der Waals surface area contributed by atoms with Crippen molar-refractivity contribution in [3.8, 4) is 6.07 Å². The van der Waals surface area contributed by atoms with Gasteiger partial charge in [-0.25, -0.2) is 4.98 Å². The lowest BCUT2D eigenvalue weighted by Gasteiger charge is -2.25. The molecule has 0 aliphatic carbocycles. The number of morpholine rings is 1. The van der Waals surface area contributed by atoms with Crippen LogP contribution in [0, 0.1) is 11.3 Å². The van der Waals surface area contributed by atoms with Crippen LogP contribution in [0.15, 0.2) is 35.4 Å². The van der Waals surface area contributed by atoms with E-state index in [1.165, 1.54) is 17.7 Å². The summed E-state index contributed by atoms with van der Waals surface area (Å²) >= 11 is 1.38. The largest absolute Gasteiger partial charge is 0.378 e. The van der Waals surface area contributed by atoms with Gasteiger partial charge in [0.25, 0.3) is 5.56 Å². The van der Waals surface area contributed by atoms with Crippen molar-refractivity contribution in [3.05, 3.63) is 52.1 Å². The van der Waals surface area contributed by atoms with Gasteiger partial charge in [-0.1, -0.05) is 23.5 Å². The summed E-state index contributed by atoms with van der Waals surface area (Å²) in [6.07, 6.45) is 1.53. The molecule has 1 aliphatic heterocycles. The minimum absolute atomic E-state index is 0.247. The average Bonchev–Trinajstić information content (AvgIpc) is 3.12. The summed E-state index contributed by atoms with van der Waals surface area (Å²) in [7, 11) is 0. The molecule has 1 aromatic carbocycles. The second kappa shape index (κ2) is 6.63. The summed E-state index contributed by atoms with van der Waals surface area (Å²) in [6, 6.07) is 9.47. The average molecular weight is 353 g/mol. The normalized spacial score (nSPS) is 14.6. The van der Waals surface area contributed by atoms with Gasteiger partial charge in [0.15, 0.2) is 10.8 Å². The van der Waals surface area contributed by atoms with Gasteiger partial charge in [-0.2, -0.15) is 10.2 Å². The summed E-state index contributed by atoms with van der Waals surface area (Å²) in [5.41, 5.74) is 2.04. The summed E-state index contributed by atoms with van der Waals surface area (Å²) in [5, 5.41) is 9.73. The Kier molecular flexibility index (Phi) is 4.17. The van der Waals surface area contributed by atoms with Crippen LogP contribution in [0.4, 0.5) is 5.13 Å². The van der Waals surface area contributed by atoms with E-state index in [9.17, 15) is 4.79 Å². The number of hydrogen-bond acceptors (Lipinski definition) is 7. The summed E-state index contributed by atoms with van der Waals surface area (Å²) in [4.78, 5) is 22.9. The Balaban J connectivity index is 1.70. The van der Waals surface area contributed by atoms with Crippen molar-refractivity contribution in [2.45, 2.75) is 6.54 Å². The van der Waals surface area contributed by atoms with E-state index in [4.69, 9.17) is 10.00 Å². The van der Waals surface area contributed by atoms with Crippen molar-refractivity contribution < 1.29 is 4.74 Å². The molecule has 1 aliphatic rings. The minimum atomic E-state index is -0.247. The number of hydrogen-bond donors (Lipinski definition) is 0.